The minimum Gasteiger partial charge on any atom is -0.417 e. The van der Waals surface area contributed by atoms with Gasteiger partial charge in [-0.05, 0) is 12.1 Å². The molecule has 1 saturated carbocycles. The van der Waals surface area contributed by atoms with Crippen molar-refractivity contribution in [1.29, 1.82) is 0 Å². The minimum atomic E-state index is -1.78. The maximum Gasteiger partial charge on any atom is 0.264 e. The summed E-state index contributed by atoms with van der Waals surface area (Å²) in [5, 5.41) is 46.1. The molecule has 28 heavy (non-hydrogen) atoms. The molecule has 0 aromatic heterocycles. The standard InChI is InChI=1S/C16H14N4O8/c21-12-6-9-10(18(23)24)7-11(19(25)26)13(15(9)20(27)28)14(12)16(22)17-8-4-2-1-3-5-8/h1-5,7,9,13-15H,6H2,(H,17,22)(H,23,24). The number of ketones is 1. The van der Waals surface area contributed by atoms with Crippen LogP contribution in [0.2, 0.25) is 0 Å². The van der Waals surface area contributed by atoms with Gasteiger partial charge in [-0.25, -0.2) is 0 Å². The third-order valence-corrected chi connectivity index (χ3v) is 4.92. The van der Waals surface area contributed by atoms with E-state index in [4.69, 9.17) is 0 Å². The van der Waals surface area contributed by atoms with E-state index < -0.39 is 68.1 Å². The number of benzene rings is 1. The van der Waals surface area contributed by atoms with Gasteiger partial charge in [-0.2, -0.15) is 0 Å². The number of carbonyl (C=O) groups excluding carboxylic acids is 2. The highest BCUT2D eigenvalue weighted by atomic mass is 16.8. The molecule has 0 spiro atoms. The van der Waals surface area contributed by atoms with Gasteiger partial charge in [0.25, 0.3) is 11.4 Å². The lowest BCUT2D eigenvalue weighted by atomic mass is 9.63. The number of Topliss-reactive ketones (excluding diaryl/α,β-unsaturated/α-hetero) is 1. The zero-order valence-electron chi connectivity index (χ0n) is 14.1. The van der Waals surface area contributed by atoms with Crippen molar-refractivity contribution in [2.45, 2.75) is 12.5 Å². The molecule has 2 bridgehead atoms. The fourth-order valence-corrected chi connectivity index (χ4v) is 3.79. The molecule has 2 aliphatic rings. The van der Waals surface area contributed by atoms with Crippen LogP contribution in [0, 0.1) is 43.2 Å². The Morgan fingerprint density at radius 3 is 2.32 bits per heavy atom. The van der Waals surface area contributed by atoms with E-state index in [9.17, 15) is 40.2 Å². The number of anilines is 1. The van der Waals surface area contributed by atoms with E-state index in [0.29, 0.717) is 11.8 Å². The number of rotatable bonds is 4. The van der Waals surface area contributed by atoms with Crippen LogP contribution < -0.4 is 5.32 Å². The van der Waals surface area contributed by atoms with Crippen molar-refractivity contribution in [2.75, 3.05) is 5.32 Å². The number of para-hydroxylation sites is 1. The maximum absolute atomic E-state index is 12.7. The third-order valence-electron chi connectivity index (χ3n) is 4.92. The summed E-state index contributed by atoms with van der Waals surface area (Å²) in [6.07, 6.45) is 0.128. The lowest BCUT2D eigenvalue weighted by Gasteiger charge is -2.35. The van der Waals surface area contributed by atoms with Crippen LogP contribution in [-0.4, -0.2) is 43.4 Å². The van der Waals surface area contributed by atoms with E-state index in [-0.39, 0.29) is 0 Å². The second-order valence-electron chi connectivity index (χ2n) is 6.44. The van der Waals surface area contributed by atoms with Crippen LogP contribution in [0.15, 0.2) is 42.1 Å². The highest BCUT2D eigenvalue weighted by Crippen LogP contribution is 2.43. The molecule has 2 N–H and O–H groups in total. The number of nitrogens with zero attached hydrogens (tertiary/aromatic N) is 3. The molecular formula is C16H14N4O8. The minimum absolute atomic E-state index is 0.316. The highest BCUT2D eigenvalue weighted by Gasteiger charge is 2.64. The molecule has 4 unspecified atom stereocenters. The van der Waals surface area contributed by atoms with E-state index >= 15 is 0 Å². The molecule has 146 valence electrons. The summed E-state index contributed by atoms with van der Waals surface area (Å²) in [5.74, 6) is -6.43. The van der Waals surface area contributed by atoms with E-state index in [2.05, 4.69) is 5.32 Å². The topological polar surface area (TPSA) is 179 Å². The second kappa shape index (κ2) is 7.06. The normalized spacial score (nSPS) is 28.1. The summed E-state index contributed by atoms with van der Waals surface area (Å²) in [6, 6.07) is 6.18. The molecule has 0 saturated heterocycles. The molecule has 1 aromatic carbocycles. The maximum atomic E-state index is 12.7. The molecule has 1 aromatic rings. The van der Waals surface area contributed by atoms with Gasteiger partial charge in [0.2, 0.25) is 11.9 Å². The first kappa shape index (κ1) is 18.9. The Kier molecular flexibility index (Phi) is 4.78. The first-order chi connectivity index (χ1) is 13.2. The van der Waals surface area contributed by atoms with Gasteiger partial charge in [0.15, 0.2) is 0 Å². The van der Waals surface area contributed by atoms with Crippen LogP contribution in [-0.2, 0) is 9.59 Å². The van der Waals surface area contributed by atoms with Crippen molar-refractivity contribution in [3.8, 4) is 0 Å². The summed E-state index contributed by atoms with van der Waals surface area (Å²) in [4.78, 5) is 45.9. The number of nitrogens with one attached hydrogen (secondary N) is 1. The smallest absolute Gasteiger partial charge is 0.264 e. The Hall–Kier alpha value is -3.83. The molecule has 4 atom stereocenters. The zero-order valence-corrected chi connectivity index (χ0v) is 14.1. The summed E-state index contributed by atoms with van der Waals surface area (Å²) >= 11 is 0. The predicted molar refractivity (Wildman–Crippen MR) is 91.4 cm³/mol. The van der Waals surface area contributed by atoms with Gasteiger partial charge < -0.3 is 10.5 Å². The van der Waals surface area contributed by atoms with Crippen molar-refractivity contribution in [3.05, 3.63) is 67.5 Å². The van der Waals surface area contributed by atoms with E-state index in [1.54, 1.807) is 18.2 Å². The summed E-state index contributed by atoms with van der Waals surface area (Å²) in [6.45, 7) is 0. The number of nitro groups is 2. The van der Waals surface area contributed by atoms with Gasteiger partial charge in [0.1, 0.15) is 23.5 Å². The van der Waals surface area contributed by atoms with E-state index in [1.807, 2.05) is 0 Å². The third kappa shape index (κ3) is 3.15. The van der Waals surface area contributed by atoms with Crippen LogP contribution in [0.25, 0.3) is 0 Å². The average molecular weight is 390 g/mol. The number of hydrogen-bond acceptors (Lipinski definition) is 8. The predicted octanol–water partition coefficient (Wildman–Crippen LogP) is 0.607. The van der Waals surface area contributed by atoms with Crippen LogP contribution in [0.5, 0.6) is 0 Å². The van der Waals surface area contributed by atoms with E-state index in [0.717, 1.165) is 0 Å². The van der Waals surface area contributed by atoms with Crippen molar-refractivity contribution in [1.82, 2.24) is 0 Å². The van der Waals surface area contributed by atoms with Crippen molar-refractivity contribution >= 4 is 23.1 Å². The monoisotopic (exact) mass is 390 g/mol. The lowest BCUT2D eigenvalue weighted by molar-refractivity contribution is -0.728. The average Bonchev–Trinajstić information content (AvgIpc) is 2.61. The Morgan fingerprint density at radius 1 is 1.14 bits per heavy atom. The molecule has 2 aliphatic carbocycles. The summed E-state index contributed by atoms with van der Waals surface area (Å²) in [7, 11) is 0. The van der Waals surface area contributed by atoms with Gasteiger partial charge in [-0.15, -0.1) is 0 Å². The number of hydrogen-bond donors (Lipinski definition) is 2. The Bertz CT molecular complexity index is 922. The number of amides is 1. The fraction of sp³-hybridized carbons (Fsp3) is 0.312. The molecule has 3 rings (SSSR count). The Balaban J connectivity index is 2.10. The van der Waals surface area contributed by atoms with Gasteiger partial charge in [0, 0.05) is 21.9 Å². The van der Waals surface area contributed by atoms with Crippen molar-refractivity contribution < 1.29 is 29.5 Å². The Labute approximate surface area is 156 Å². The fourth-order valence-electron chi connectivity index (χ4n) is 3.79. The van der Waals surface area contributed by atoms with Gasteiger partial charge in [0.05, 0.1) is 11.0 Å². The number of carbonyl (C=O) groups is 2. The highest BCUT2D eigenvalue weighted by molar-refractivity contribution is 6.11. The molecular weight excluding hydrogens is 376 g/mol. The summed E-state index contributed by atoms with van der Waals surface area (Å²) < 4.78 is 0. The number of allylic oxidation sites excluding steroid dienone is 1. The first-order valence-electron chi connectivity index (χ1n) is 8.13. The van der Waals surface area contributed by atoms with Gasteiger partial charge in [-0.1, -0.05) is 18.2 Å². The molecule has 12 nitrogen and oxygen atoms in total. The second-order valence-corrected chi connectivity index (χ2v) is 6.44. The van der Waals surface area contributed by atoms with E-state index in [1.165, 1.54) is 12.1 Å². The quantitative estimate of drug-likeness (QED) is 0.247. The molecule has 12 heteroatoms. The molecule has 1 amide bonds. The van der Waals surface area contributed by atoms with Crippen molar-refractivity contribution in [2.24, 2.45) is 17.8 Å². The molecule has 0 aliphatic heterocycles. The van der Waals surface area contributed by atoms with Crippen LogP contribution in [0.3, 0.4) is 0 Å². The SMILES string of the molecule is O=C1CC2/C(=[N+](/[O-])O)C=C([N+](=O)[O-])C(C1C(=O)Nc1ccccc1)C2[N+](=O)[O-]. The van der Waals surface area contributed by atoms with Crippen LogP contribution in [0.4, 0.5) is 5.69 Å². The van der Waals surface area contributed by atoms with Crippen LogP contribution in [0.1, 0.15) is 6.42 Å². The van der Waals surface area contributed by atoms with Crippen LogP contribution >= 0.6 is 0 Å². The molecule has 0 radical (unpaired) electrons. The largest absolute Gasteiger partial charge is 0.417 e. The summed E-state index contributed by atoms with van der Waals surface area (Å²) in [5.41, 5.74) is -1.18. The molecule has 1 fully saturated rings. The number of fused-ring (bicyclic) bond motifs is 2. The van der Waals surface area contributed by atoms with Gasteiger partial charge in [-0.3, -0.25) is 35.0 Å². The molecule has 0 heterocycles. The lowest BCUT2D eigenvalue weighted by Crippen LogP contribution is -2.58. The van der Waals surface area contributed by atoms with Gasteiger partial charge >= 0.3 is 0 Å². The Morgan fingerprint density at radius 2 is 1.79 bits per heavy atom. The van der Waals surface area contributed by atoms with Crippen molar-refractivity contribution in [3.63, 3.8) is 0 Å². The zero-order chi connectivity index (χ0) is 20.6. The first-order valence-corrected chi connectivity index (χ1v) is 8.13.